The standard InChI is InChI=1S/C41H39FN6O5S/c1-24-8-10-25(11-9-24)39-37(40(49)43-2)28-18-27(33(20-35(28)53-39)46(3)54(4,50)51)30-12-13-31-38(45-30)34-19-26-29(42)6-5-7-32(26)48(34)36(44-31)21-47-22-41(23-47)14-16-52-17-15-41/h5-13,18-20H,14-17,21-23H2,1-4H3,(H,43,49). The van der Waals surface area contributed by atoms with Gasteiger partial charge in [-0.15, -0.1) is 0 Å². The highest BCUT2D eigenvalue weighted by Gasteiger charge is 2.44. The number of anilines is 1. The van der Waals surface area contributed by atoms with Crippen LogP contribution >= 0.6 is 0 Å². The van der Waals surface area contributed by atoms with Crippen LogP contribution in [0.4, 0.5) is 10.1 Å². The summed E-state index contributed by atoms with van der Waals surface area (Å²) in [6.45, 7) is 6.06. The second-order valence-corrected chi connectivity index (χ2v) is 16.7. The number of furan rings is 1. The molecule has 0 bridgehead atoms. The van der Waals surface area contributed by atoms with Gasteiger partial charge in [-0.2, -0.15) is 0 Å². The Hall–Kier alpha value is -5.37. The molecule has 1 spiro atoms. The fraction of sp³-hybridized carbons (Fsp3) is 0.293. The highest BCUT2D eigenvalue weighted by Crippen LogP contribution is 2.43. The number of ether oxygens (including phenoxy) is 1. The van der Waals surface area contributed by atoms with Crippen LogP contribution in [0.5, 0.6) is 0 Å². The van der Waals surface area contributed by atoms with E-state index in [0.717, 1.165) is 56.8 Å². The second kappa shape index (κ2) is 12.6. The first-order chi connectivity index (χ1) is 25.9. The number of hydrogen-bond donors (Lipinski definition) is 1. The summed E-state index contributed by atoms with van der Waals surface area (Å²) in [7, 11) is -0.719. The minimum absolute atomic E-state index is 0.279. The molecule has 2 aliphatic rings. The van der Waals surface area contributed by atoms with E-state index in [1.807, 2.05) is 53.8 Å². The first kappa shape index (κ1) is 34.4. The molecule has 4 aromatic heterocycles. The number of aromatic nitrogens is 3. The number of rotatable bonds is 7. The molecule has 0 aliphatic carbocycles. The van der Waals surface area contributed by atoms with Crippen LogP contribution in [0.1, 0.15) is 34.6 Å². The van der Waals surface area contributed by atoms with Gasteiger partial charge >= 0.3 is 0 Å². The van der Waals surface area contributed by atoms with Crippen LogP contribution in [0.15, 0.2) is 77.2 Å². The number of hydrogen-bond acceptors (Lipinski definition) is 8. The van der Waals surface area contributed by atoms with Gasteiger partial charge in [0, 0.05) is 73.8 Å². The molecule has 0 unspecified atom stereocenters. The first-order valence-corrected chi connectivity index (χ1v) is 19.8. The lowest BCUT2D eigenvalue weighted by Crippen LogP contribution is -2.57. The lowest BCUT2D eigenvalue weighted by atomic mass is 9.73. The average molecular weight is 747 g/mol. The summed E-state index contributed by atoms with van der Waals surface area (Å²) in [5.74, 6) is 0.457. The molecule has 6 heterocycles. The van der Waals surface area contributed by atoms with Gasteiger partial charge in [-0.25, -0.2) is 22.8 Å². The predicted molar refractivity (Wildman–Crippen MR) is 208 cm³/mol. The molecule has 13 heteroatoms. The number of benzene rings is 3. The zero-order chi connectivity index (χ0) is 37.5. The van der Waals surface area contributed by atoms with Crippen molar-refractivity contribution in [2.45, 2.75) is 26.3 Å². The minimum atomic E-state index is -3.75. The van der Waals surface area contributed by atoms with Crippen molar-refractivity contribution >= 4 is 60.0 Å². The van der Waals surface area contributed by atoms with E-state index in [1.54, 1.807) is 31.3 Å². The van der Waals surface area contributed by atoms with E-state index in [4.69, 9.17) is 19.1 Å². The Morgan fingerprint density at radius 3 is 2.46 bits per heavy atom. The molecular weight excluding hydrogens is 708 g/mol. The van der Waals surface area contributed by atoms with Crippen LogP contribution in [-0.4, -0.2) is 80.2 Å². The Labute approximate surface area is 311 Å². The van der Waals surface area contributed by atoms with Crippen molar-refractivity contribution in [3.8, 4) is 22.6 Å². The van der Waals surface area contributed by atoms with Gasteiger partial charge in [-0.3, -0.25) is 18.4 Å². The molecule has 0 radical (unpaired) electrons. The Balaban J connectivity index is 1.24. The van der Waals surface area contributed by atoms with Crippen molar-refractivity contribution in [3.63, 3.8) is 0 Å². The summed E-state index contributed by atoms with van der Waals surface area (Å²) in [5, 5.41) is 3.69. The zero-order valence-corrected chi connectivity index (χ0v) is 31.3. The SMILES string of the molecule is CNC(=O)c1c(-c2ccc(C)cc2)oc2cc(N(C)S(C)(=O)=O)c(-c3ccc4nc(CN5CC6(CCOCC6)C5)n5c6cccc(F)c6cc5c4n3)cc12. The Kier molecular flexibility index (Phi) is 8.03. The van der Waals surface area contributed by atoms with E-state index in [2.05, 4.69) is 10.2 Å². The van der Waals surface area contributed by atoms with Crippen molar-refractivity contribution in [1.29, 1.82) is 0 Å². The molecule has 11 nitrogen and oxygen atoms in total. The molecule has 2 saturated heterocycles. The first-order valence-electron chi connectivity index (χ1n) is 18.0. The van der Waals surface area contributed by atoms with Crippen LogP contribution < -0.4 is 9.62 Å². The summed E-state index contributed by atoms with van der Waals surface area (Å²) in [6.07, 6.45) is 3.23. The summed E-state index contributed by atoms with van der Waals surface area (Å²) >= 11 is 0. The van der Waals surface area contributed by atoms with E-state index in [0.29, 0.717) is 78.8 Å². The number of carbonyl (C=O) groups is 1. The largest absolute Gasteiger partial charge is 0.455 e. The van der Waals surface area contributed by atoms with E-state index >= 15 is 4.39 Å². The topological polar surface area (TPSA) is 122 Å². The van der Waals surface area contributed by atoms with Gasteiger partial charge in [0.2, 0.25) is 10.0 Å². The molecule has 0 saturated carbocycles. The maximum atomic E-state index is 15.4. The number of likely N-dealkylation sites (tertiary alicyclic amines) is 1. The third-order valence-corrected chi connectivity index (χ3v) is 12.3. The monoisotopic (exact) mass is 746 g/mol. The normalized spacial score (nSPS) is 16.1. The van der Waals surface area contributed by atoms with Crippen LogP contribution in [0.2, 0.25) is 0 Å². The number of halogens is 1. The van der Waals surface area contributed by atoms with Gasteiger partial charge < -0.3 is 14.5 Å². The molecule has 2 fully saturated rings. The number of amides is 1. The van der Waals surface area contributed by atoms with Crippen LogP contribution in [-0.2, 0) is 21.3 Å². The molecular formula is C41H39FN6O5S. The average Bonchev–Trinajstić information content (AvgIpc) is 3.73. The van der Waals surface area contributed by atoms with E-state index < -0.39 is 10.0 Å². The van der Waals surface area contributed by atoms with Crippen LogP contribution in [0, 0.1) is 18.2 Å². The predicted octanol–water partition coefficient (Wildman–Crippen LogP) is 6.93. The lowest BCUT2D eigenvalue weighted by molar-refractivity contribution is -0.0847. The third-order valence-electron chi connectivity index (χ3n) is 11.1. The number of fused-ring (bicyclic) bond motifs is 6. The van der Waals surface area contributed by atoms with Gasteiger partial charge in [0.25, 0.3) is 5.91 Å². The van der Waals surface area contributed by atoms with Crippen molar-refractivity contribution in [2.24, 2.45) is 5.41 Å². The number of nitrogens with one attached hydrogen (secondary N) is 1. The van der Waals surface area contributed by atoms with Crippen LogP contribution in [0.25, 0.3) is 61.0 Å². The van der Waals surface area contributed by atoms with Crippen molar-refractivity contribution < 1.29 is 26.8 Å². The third kappa shape index (κ3) is 5.60. The lowest BCUT2D eigenvalue weighted by Gasteiger charge is -2.52. The number of nitrogens with zero attached hydrogens (tertiary/aromatic N) is 5. The molecule has 7 aromatic rings. The fourth-order valence-electron chi connectivity index (χ4n) is 8.19. The van der Waals surface area contributed by atoms with Crippen LogP contribution in [0.3, 0.4) is 0 Å². The molecule has 2 aliphatic heterocycles. The number of sulfonamides is 1. The summed E-state index contributed by atoms with van der Waals surface area (Å²) < 4.78 is 56.6. The van der Waals surface area contributed by atoms with Gasteiger partial charge in [-0.05, 0) is 56.2 Å². The summed E-state index contributed by atoms with van der Waals surface area (Å²) in [5.41, 5.74) is 6.47. The maximum Gasteiger partial charge on any atom is 0.255 e. The van der Waals surface area contributed by atoms with E-state index in [-0.39, 0.29) is 17.1 Å². The van der Waals surface area contributed by atoms with E-state index in [1.165, 1.54) is 17.4 Å². The molecule has 1 amide bonds. The van der Waals surface area contributed by atoms with E-state index in [9.17, 15) is 13.2 Å². The summed E-state index contributed by atoms with van der Waals surface area (Å²) in [4.78, 5) is 26.1. The van der Waals surface area contributed by atoms with Gasteiger partial charge in [0.05, 0.1) is 46.3 Å². The number of carbonyl (C=O) groups excluding carboxylic acids is 1. The summed E-state index contributed by atoms with van der Waals surface area (Å²) in [6, 6.07) is 21.6. The van der Waals surface area contributed by atoms with Gasteiger partial charge in [0.1, 0.15) is 28.5 Å². The quantitative estimate of drug-likeness (QED) is 0.186. The van der Waals surface area contributed by atoms with Crippen molar-refractivity contribution in [1.82, 2.24) is 24.6 Å². The zero-order valence-electron chi connectivity index (χ0n) is 30.4. The molecule has 3 aromatic carbocycles. The Bertz CT molecular complexity index is 2760. The van der Waals surface area contributed by atoms with Gasteiger partial charge in [0.15, 0.2) is 0 Å². The van der Waals surface area contributed by atoms with Crippen molar-refractivity contribution in [2.75, 3.05) is 51.0 Å². The Morgan fingerprint density at radius 2 is 1.74 bits per heavy atom. The number of aryl methyl sites for hydroxylation is 1. The van der Waals surface area contributed by atoms with Crippen molar-refractivity contribution in [3.05, 3.63) is 95.6 Å². The minimum Gasteiger partial charge on any atom is -0.455 e. The van der Waals surface area contributed by atoms with Gasteiger partial charge in [-0.1, -0.05) is 35.9 Å². The second-order valence-electron chi connectivity index (χ2n) is 14.7. The molecule has 1 N–H and O–H groups in total. The smallest absolute Gasteiger partial charge is 0.255 e. The molecule has 276 valence electrons. The maximum absolute atomic E-state index is 15.4. The number of pyridine rings is 1. The molecule has 0 atom stereocenters. The Morgan fingerprint density at radius 1 is 0.981 bits per heavy atom. The highest BCUT2D eigenvalue weighted by molar-refractivity contribution is 7.92. The highest BCUT2D eigenvalue weighted by atomic mass is 32.2. The fourth-order valence-corrected chi connectivity index (χ4v) is 8.70. The molecule has 54 heavy (non-hydrogen) atoms. The molecule has 9 rings (SSSR count).